The molecule has 0 saturated heterocycles. The Morgan fingerprint density at radius 1 is 1.15 bits per heavy atom. The highest BCUT2D eigenvalue weighted by Gasteiger charge is 2.24. The molecule has 3 aromatic rings. The highest BCUT2D eigenvalue weighted by Crippen LogP contribution is 2.16. The molecule has 134 valence electrons. The molecule has 0 aliphatic heterocycles. The van der Waals surface area contributed by atoms with Crippen molar-refractivity contribution in [2.45, 2.75) is 25.9 Å². The van der Waals surface area contributed by atoms with Crippen LogP contribution < -0.4 is 10.1 Å². The lowest BCUT2D eigenvalue weighted by Gasteiger charge is -2.18. The zero-order valence-electron chi connectivity index (χ0n) is 14.8. The molecule has 3 rings (SSSR count). The molecule has 1 amide bonds. The Balaban J connectivity index is 1.75. The van der Waals surface area contributed by atoms with Gasteiger partial charge >= 0.3 is 0 Å². The molecule has 7 nitrogen and oxygen atoms in total. The number of rotatable bonds is 7. The number of hydrogen-bond donors (Lipinski definition) is 1. The lowest BCUT2D eigenvalue weighted by Crippen LogP contribution is -2.34. The molecule has 1 atom stereocenters. The van der Waals surface area contributed by atoms with Crippen LogP contribution in [0.15, 0.2) is 54.6 Å². The first-order valence-corrected chi connectivity index (χ1v) is 8.36. The number of aryl methyl sites for hydroxylation is 1. The van der Waals surface area contributed by atoms with Crippen LogP contribution >= 0.6 is 0 Å². The van der Waals surface area contributed by atoms with Gasteiger partial charge in [0, 0.05) is 13.0 Å². The van der Waals surface area contributed by atoms with Crippen molar-refractivity contribution in [1.82, 2.24) is 25.5 Å². The van der Waals surface area contributed by atoms with Crippen LogP contribution in [-0.4, -0.2) is 33.2 Å². The molecule has 0 bridgehead atoms. The molecule has 0 spiro atoms. The summed E-state index contributed by atoms with van der Waals surface area (Å²) in [6, 6.07) is 16.9. The number of ether oxygens (including phenoxy) is 1. The fourth-order valence-corrected chi connectivity index (χ4v) is 2.74. The minimum Gasteiger partial charge on any atom is -0.497 e. The second-order valence-corrected chi connectivity index (χ2v) is 5.95. The molecular weight excluding hydrogens is 330 g/mol. The van der Waals surface area contributed by atoms with Gasteiger partial charge < -0.3 is 10.1 Å². The van der Waals surface area contributed by atoms with Gasteiger partial charge in [-0.05, 0) is 40.6 Å². The predicted octanol–water partition coefficient (Wildman–Crippen LogP) is 2.09. The molecule has 1 aromatic heterocycles. The van der Waals surface area contributed by atoms with Crippen LogP contribution in [0.25, 0.3) is 0 Å². The maximum Gasteiger partial charge on any atom is 0.245 e. The Morgan fingerprint density at radius 2 is 1.92 bits per heavy atom. The fourth-order valence-electron chi connectivity index (χ4n) is 2.74. The summed E-state index contributed by atoms with van der Waals surface area (Å²) in [6.07, 6.45) is 0.511. The van der Waals surface area contributed by atoms with E-state index < -0.39 is 6.04 Å². The zero-order valence-corrected chi connectivity index (χ0v) is 14.8. The average Bonchev–Trinajstić information content (AvgIpc) is 3.11. The van der Waals surface area contributed by atoms with Gasteiger partial charge in [-0.3, -0.25) is 4.79 Å². The molecule has 1 heterocycles. The largest absolute Gasteiger partial charge is 0.497 e. The standard InChI is InChI=1S/C19H21N5O2/c1-14-21-22-23-24(14)18(12-15-7-4-3-5-8-15)19(25)20-13-16-9-6-10-17(11-16)26-2/h3-11,18H,12-13H2,1-2H3,(H,20,25)/t18-/m0/s1. The zero-order chi connectivity index (χ0) is 18.4. The van der Waals surface area contributed by atoms with Crippen molar-refractivity contribution in [2.24, 2.45) is 0 Å². The molecule has 0 radical (unpaired) electrons. The lowest BCUT2D eigenvalue weighted by molar-refractivity contribution is -0.124. The highest BCUT2D eigenvalue weighted by atomic mass is 16.5. The summed E-state index contributed by atoms with van der Waals surface area (Å²) in [5.41, 5.74) is 2.01. The third kappa shape index (κ3) is 4.24. The van der Waals surface area contributed by atoms with Gasteiger partial charge in [-0.25, -0.2) is 4.68 Å². The first kappa shape index (κ1) is 17.6. The smallest absolute Gasteiger partial charge is 0.245 e. The summed E-state index contributed by atoms with van der Waals surface area (Å²) in [7, 11) is 1.62. The average molecular weight is 351 g/mol. The molecule has 7 heteroatoms. The van der Waals surface area contributed by atoms with Crippen LogP contribution in [0.3, 0.4) is 0 Å². The van der Waals surface area contributed by atoms with E-state index in [0.717, 1.165) is 16.9 Å². The fraction of sp³-hybridized carbons (Fsp3) is 0.263. The number of hydrogen-bond acceptors (Lipinski definition) is 5. The molecule has 1 N–H and O–H groups in total. The first-order chi connectivity index (χ1) is 12.7. The van der Waals surface area contributed by atoms with E-state index in [2.05, 4.69) is 20.8 Å². The molecular formula is C19H21N5O2. The monoisotopic (exact) mass is 351 g/mol. The molecule has 0 unspecified atom stereocenters. The van der Waals surface area contributed by atoms with E-state index in [1.165, 1.54) is 0 Å². The van der Waals surface area contributed by atoms with Crippen LogP contribution in [0, 0.1) is 6.92 Å². The quantitative estimate of drug-likeness (QED) is 0.705. The van der Waals surface area contributed by atoms with Crippen LogP contribution in [0.4, 0.5) is 0 Å². The molecule has 0 saturated carbocycles. The van der Waals surface area contributed by atoms with Crippen LogP contribution in [-0.2, 0) is 17.8 Å². The van der Waals surface area contributed by atoms with Crippen molar-refractivity contribution >= 4 is 5.91 Å². The summed E-state index contributed by atoms with van der Waals surface area (Å²) >= 11 is 0. The number of nitrogens with one attached hydrogen (secondary N) is 1. The number of benzene rings is 2. The summed E-state index contributed by atoms with van der Waals surface area (Å²) in [5, 5.41) is 14.5. The number of amides is 1. The van der Waals surface area contributed by atoms with Gasteiger partial charge in [0.1, 0.15) is 17.6 Å². The van der Waals surface area contributed by atoms with Crippen molar-refractivity contribution in [1.29, 1.82) is 0 Å². The van der Waals surface area contributed by atoms with Gasteiger partial charge in [-0.15, -0.1) is 5.10 Å². The number of aromatic nitrogens is 4. The Kier molecular flexibility index (Phi) is 5.58. The minimum absolute atomic E-state index is 0.132. The van der Waals surface area contributed by atoms with Crippen molar-refractivity contribution < 1.29 is 9.53 Å². The predicted molar refractivity (Wildman–Crippen MR) is 96.6 cm³/mol. The molecule has 0 aliphatic carbocycles. The number of carbonyl (C=O) groups is 1. The van der Waals surface area contributed by atoms with Gasteiger partial charge in [0.05, 0.1) is 7.11 Å². The number of carbonyl (C=O) groups excluding carboxylic acids is 1. The second kappa shape index (κ2) is 8.24. The molecule has 0 aliphatic rings. The highest BCUT2D eigenvalue weighted by molar-refractivity contribution is 5.80. The van der Waals surface area contributed by atoms with E-state index in [0.29, 0.717) is 18.8 Å². The van der Waals surface area contributed by atoms with E-state index in [4.69, 9.17) is 4.74 Å². The topological polar surface area (TPSA) is 81.9 Å². The van der Waals surface area contributed by atoms with Gasteiger partial charge in [-0.2, -0.15) is 0 Å². The van der Waals surface area contributed by atoms with Gasteiger partial charge in [0.15, 0.2) is 0 Å². The molecule has 26 heavy (non-hydrogen) atoms. The van der Waals surface area contributed by atoms with Crippen molar-refractivity contribution in [3.63, 3.8) is 0 Å². The third-order valence-electron chi connectivity index (χ3n) is 4.13. The van der Waals surface area contributed by atoms with Gasteiger partial charge in [-0.1, -0.05) is 42.5 Å². The summed E-state index contributed by atoms with van der Waals surface area (Å²) in [5.74, 6) is 1.23. The van der Waals surface area contributed by atoms with Crippen LogP contribution in [0.5, 0.6) is 5.75 Å². The van der Waals surface area contributed by atoms with Crippen molar-refractivity contribution in [3.8, 4) is 5.75 Å². The van der Waals surface area contributed by atoms with Crippen LogP contribution in [0.1, 0.15) is 23.0 Å². The molecule has 2 aromatic carbocycles. The first-order valence-electron chi connectivity index (χ1n) is 8.36. The second-order valence-electron chi connectivity index (χ2n) is 5.95. The molecule has 0 fully saturated rings. The number of nitrogens with zero attached hydrogens (tertiary/aromatic N) is 4. The Hall–Kier alpha value is -3.22. The SMILES string of the molecule is COc1cccc(CNC(=O)[C@H](Cc2ccccc2)n2nnnc2C)c1. The normalized spacial score (nSPS) is 11.8. The number of methoxy groups -OCH3 is 1. The van der Waals surface area contributed by atoms with Crippen LogP contribution in [0.2, 0.25) is 0 Å². The maximum absolute atomic E-state index is 12.9. The minimum atomic E-state index is -0.516. The van der Waals surface area contributed by atoms with Crippen molar-refractivity contribution in [2.75, 3.05) is 7.11 Å². The van der Waals surface area contributed by atoms with E-state index in [1.807, 2.05) is 54.6 Å². The Morgan fingerprint density at radius 3 is 2.62 bits per heavy atom. The summed E-state index contributed by atoms with van der Waals surface area (Å²) in [6.45, 7) is 2.19. The Labute approximate surface area is 152 Å². The maximum atomic E-state index is 12.9. The summed E-state index contributed by atoms with van der Waals surface area (Å²) in [4.78, 5) is 12.9. The van der Waals surface area contributed by atoms with E-state index in [-0.39, 0.29) is 5.91 Å². The van der Waals surface area contributed by atoms with E-state index in [9.17, 15) is 4.79 Å². The third-order valence-corrected chi connectivity index (χ3v) is 4.13. The summed E-state index contributed by atoms with van der Waals surface area (Å²) < 4.78 is 6.78. The Bertz CT molecular complexity index is 863. The number of tetrazole rings is 1. The van der Waals surface area contributed by atoms with E-state index >= 15 is 0 Å². The van der Waals surface area contributed by atoms with Crippen molar-refractivity contribution in [3.05, 3.63) is 71.5 Å². The van der Waals surface area contributed by atoms with E-state index in [1.54, 1.807) is 18.7 Å². The van der Waals surface area contributed by atoms with Gasteiger partial charge in [0.25, 0.3) is 0 Å². The lowest BCUT2D eigenvalue weighted by atomic mass is 10.1. The van der Waals surface area contributed by atoms with Gasteiger partial charge in [0.2, 0.25) is 5.91 Å².